The molecular weight excluding hydrogens is 553 g/mol. The van der Waals surface area contributed by atoms with Gasteiger partial charge in [0.15, 0.2) is 6.23 Å². The van der Waals surface area contributed by atoms with Crippen LogP contribution in [0.4, 0.5) is 5.95 Å². The van der Waals surface area contributed by atoms with Crippen LogP contribution in [0.2, 0.25) is 0 Å². The molecule has 6 atom stereocenters. The number of hydrogen-bond donors (Lipinski definition) is 7. The van der Waals surface area contributed by atoms with Crippen molar-refractivity contribution < 1.29 is 61.4 Å². The van der Waals surface area contributed by atoms with Gasteiger partial charge in [-0.1, -0.05) is 20.8 Å². The van der Waals surface area contributed by atoms with Crippen LogP contribution in [0.15, 0.2) is 17.1 Å². The summed E-state index contributed by atoms with van der Waals surface area (Å²) < 4.78 is 51.1. The molecule has 0 spiro atoms. The van der Waals surface area contributed by atoms with Crippen molar-refractivity contribution in [3.8, 4) is 0 Å². The third-order valence-corrected chi connectivity index (χ3v) is 8.44. The van der Waals surface area contributed by atoms with Gasteiger partial charge in [-0.3, -0.25) is 13.9 Å². The largest absolute Gasteiger partial charge is 0.490 e. The Hall–Kier alpha value is -1.07. The van der Waals surface area contributed by atoms with Crippen LogP contribution < -0.4 is 11.3 Å². The first-order valence-corrected chi connectivity index (χ1v) is 14.8. The number of aliphatic hydroxyl groups is 2. The first-order chi connectivity index (χ1) is 16.4. The van der Waals surface area contributed by atoms with Gasteiger partial charge in [-0.2, -0.15) is 13.6 Å². The van der Waals surface area contributed by atoms with Gasteiger partial charge in [0.05, 0.1) is 6.61 Å². The molecule has 0 radical (unpaired) electrons. The molecule has 0 bridgehead atoms. The number of aliphatic hydroxyl groups excluding tert-OH is 2. The number of aromatic nitrogens is 2. The van der Waals surface area contributed by atoms with Crippen molar-refractivity contribution in [3.63, 3.8) is 0 Å². The van der Waals surface area contributed by atoms with Crippen LogP contribution in [0.5, 0.6) is 0 Å². The zero-order valence-electron chi connectivity index (χ0n) is 19.5. The minimum Gasteiger partial charge on any atom is -0.387 e. The number of nitrogens with zero attached hydrogens (tertiary/aromatic N) is 3. The second kappa shape index (κ2) is 13.6. The van der Waals surface area contributed by atoms with Gasteiger partial charge in [0.25, 0.3) is 5.56 Å². The number of phosphoric ester groups is 1. The maximum absolute atomic E-state index is 11.7. The summed E-state index contributed by atoms with van der Waals surface area (Å²) in [6, 6.07) is 0.984. The van der Waals surface area contributed by atoms with Crippen LogP contribution in [0, 0.1) is 0 Å². The predicted molar refractivity (Wildman–Crippen MR) is 122 cm³/mol. The molecule has 8 N–H and O–H groups in total. The van der Waals surface area contributed by atoms with E-state index in [2.05, 4.69) is 43.8 Å². The number of ether oxygens (including phenoxy) is 1. The molecule has 1 fully saturated rings. The standard InChI is InChI=1S/C9H16N3O14P3.C6H15N/c10-9-11-5(13)1-2-12(9)8-7(15)6(14)4(24-8)3-23-28(19,20)26-29(21,22)25-27(16,17)18;1-4-7(5-2)6-3/h1-2,4,6-8,14-15H,3H2,(H,19,20)(H,21,22)(H2,10,11,13)(H2,16,17,18);4-6H2,1-3H3/t4-,6-,7-,8-;/m1./s1. The van der Waals surface area contributed by atoms with Gasteiger partial charge >= 0.3 is 23.5 Å². The summed E-state index contributed by atoms with van der Waals surface area (Å²) in [5.74, 6) is -0.373. The molecule has 2 unspecified atom stereocenters. The van der Waals surface area contributed by atoms with Crippen molar-refractivity contribution in [2.24, 2.45) is 0 Å². The lowest BCUT2D eigenvalue weighted by atomic mass is 10.1. The van der Waals surface area contributed by atoms with Gasteiger partial charge in [-0.05, 0) is 19.6 Å². The van der Waals surface area contributed by atoms with Gasteiger partial charge in [-0.15, -0.1) is 0 Å². The molecule has 18 nitrogen and oxygen atoms in total. The van der Waals surface area contributed by atoms with Crippen LogP contribution in [0.3, 0.4) is 0 Å². The highest BCUT2D eigenvalue weighted by atomic mass is 31.3. The SMILES string of the molecule is CCN(CC)CC.Nc1nc(=O)ccn1[C@@H]1O[C@H](COP(=O)(O)OP(=O)(O)OP(=O)(O)O)[C@@H](O)[C@H]1O. The molecule has 1 aliphatic rings. The Morgan fingerprint density at radius 3 is 2.03 bits per heavy atom. The van der Waals surface area contributed by atoms with E-state index in [1.807, 2.05) is 0 Å². The highest BCUT2D eigenvalue weighted by Gasteiger charge is 2.46. The number of anilines is 1. The Kier molecular flexibility index (Phi) is 12.5. The van der Waals surface area contributed by atoms with E-state index in [0.717, 1.165) is 16.8 Å². The van der Waals surface area contributed by atoms with E-state index in [0.29, 0.717) is 0 Å². The van der Waals surface area contributed by atoms with Crippen molar-refractivity contribution in [1.82, 2.24) is 14.5 Å². The monoisotopic (exact) mass is 584 g/mol. The quantitative estimate of drug-likeness (QED) is 0.156. The zero-order chi connectivity index (χ0) is 27.9. The first-order valence-electron chi connectivity index (χ1n) is 10.3. The second-order valence-electron chi connectivity index (χ2n) is 7.08. The fraction of sp³-hybridized carbons (Fsp3) is 0.733. The summed E-state index contributed by atoms with van der Waals surface area (Å²) in [6.07, 6.45) is -5.15. The average molecular weight is 584 g/mol. The molecule has 2 heterocycles. The molecule has 2 rings (SSSR count). The lowest BCUT2D eigenvalue weighted by molar-refractivity contribution is -0.0515. The highest BCUT2D eigenvalue weighted by Crippen LogP contribution is 2.66. The smallest absolute Gasteiger partial charge is 0.387 e. The lowest BCUT2D eigenvalue weighted by Crippen LogP contribution is -2.34. The number of nitrogens with two attached hydrogens (primary N) is 1. The van der Waals surface area contributed by atoms with Crippen molar-refractivity contribution in [3.05, 3.63) is 22.6 Å². The molecule has 1 aromatic rings. The number of phosphoric acid groups is 3. The summed E-state index contributed by atoms with van der Waals surface area (Å²) in [6.45, 7) is 9.13. The first kappa shape index (κ1) is 33.0. The number of nitrogen functional groups attached to an aromatic ring is 1. The van der Waals surface area contributed by atoms with Crippen LogP contribution in [-0.4, -0.2) is 88.8 Å². The van der Waals surface area contributed by atoms with E-state index >= 15 is 0 Å². The molecular formula is C15H31N4O14P3. The van der Waals surface area contributed by atoms with Gasteiger partial charge in [0.2, 0.25) is 5.95 Å². The molecule has 1 aliphatic heterocycles. The van der Waals surface area contributed by atoms with E-state index in [9.17, 15) is 33.6 Å². The minimum absolute atomic E-state index is 0.373. The van der Waals surface area contributed by atoms with E-state index in [1.165, 1.54) is 19.6 Å². The van der Waals surface area contributed by atoms with Gasteiger partial charge in [0, 0.05) is 12.3 Å². The fourth-order valence-electron chi connectivity index (χ4n) is 2.88. The van der Waals surface area contributed by atoms with E-state index < -0.39 is 60.2 Å². The maximum atomic E-state index is 11.7. The van der Waals surface area contributed by atoms with Crippen LogP contribution in [0.25, 0.3) is 0 Å². The minimum atomic E-state index is -5.71. The summed E-state index contributed by atoms with van der Waals surface area (Å²) in [5, 5.41) is 20.0. The van der Waals surface area contributed by atoms with Crippen molar-refractivity contribution in [2.45, 2.75) is 45.3 Å². The van der Waals surface area contributed by atoms with Crippen molar-refractivity contribution >= 4 is 29.4 Å². The van der Waals surface area contributed by atoms with Crippen LogP contribution >= 0.6 is 23.5 Å². The maximum Gasteiger partial charge on any atom is 0.490 e. The average Bonchev–Trinajstić information content (AvgIpc) is 3.00. The van der Waals surface area contributed by atoms with E-state index in [-0.39, 0.29) is 5.95 Å². The molecule has 210 valence electrons. The normalized spacial score (nSPS) is 25.6. The Morgan fingerprint density at radius 2 is 1.58 bits per heavy atom. The zero-order valence-corrected chi connectivity index (χ0v) is 22.2. The summed E-state index contributed by atoms with van der Waals surface area (Å²) >= 11 is 0. The van der Waals surface area contributed by atoms with E-state index in [4.69, 9.17) is 25.2 Å². The predicted octanol–water partition coefficient (Wildman–Crippen LogP) is -0.864. The molecule has 1 aromatic heterocycles. The van der Waals surface area contributed by atoms with Crippen LogP contribution in [-0.2, 0) is 31.6 Å². The van der Waals surface area contributed by atoms with Crippen molar-refractivity contribution in [1.29, 1.82) is 0 Å². The third-order valence-electron chi connectivity index (χ3n) is 4.64. The molecule has 0 aliphatic carbocycles. The third kappa shape index (κ3) is 10.7. The molecule has 21 heteroatoms. The Balaban J connectivity index is 0.000000809. The Morgan fingerprint density at radius 1 is 1.03 bits per heavy atom. The van der Waals surface area contributed by atoms with E-state index in [1.54, 1.807) is 0 Å². The Labute approximate surface area is 205 Å². The molecule has 0 saturated carbocycles. The topological polar surface area (TPSA) is 274 Å². The number of rotatable bonds is 11. The second-order valence-corrected chi connectivity index (χ2v) is 11.5. The van der Waals surface area contributed by atoms with Gasteiger partial charge in [-0.25, -0.2) is 13.7 Å². The molecule has 0 amide bonds. The summed E-state index contributed by atoms with van der Waals surface area (Å²) in [7, 11) is -16.7. The molecule has 36 heavy (non-hydrogen) atoms. The summed E-state index contributed by atoms with van der Waals surface area (Å²) in [4.78, 5) is 52.2. The fourth-order valence-corrected chi connectivity index (χ4v) is 5.91. The molecule has 0 aromatic carbocycles. The van der Waals surface area contributed by atoms with Gasteiger partial charge in [0.1, 0.15) is 18.3 Å². The summed E-state index contributed by atoms with van der Waals surface area (Å²) in [5.41, 5.74) is 4.84. The van der Waals surface area contributed by atoms with Crippen molar-refractivity contribution in [2.75, 3.05) is 32.0 Å². The Bertz CT molecular complexity index is 1040. The number of hydrogen-bond acceptors (Lipinski definition) is 13. The van der Waals surface area contributed by atoms with Gasteiger partial charge < -0.3 is 45.2 Å². The lowest BCUT2D eigenvalue weighted by Gasteiger charge is -2.20. The van der Waals surface area contributed by atoms with Crippen LogP contribution in [0.1, 0.15) is 27.0 Å². The molecule has 1 saturated heterocycles. The highest BCUT2D eigenvalue weighted by molar-refractivity contribution is 7.66.